The van der Waals surface area contributed by atoms with Crippen LogP contribution in [0.25, 0.3) is 0 Å². The Bertz CT molecular complexity index is 650. The minimum Gasteiger partial charge on any atom is -0.394 e. The van der Waals surface area contributed by atoms with Gasteiger partial charge in [0.2, 0.25) is 0 Å². The molecule has 0 amide bonds. The molecule has 5 N–H and O–H groups in total. The Morgan fingerprint density at radius 2 is 0.667 bits per heavy atom. The van der Waals surface area contributed by atoms with E-state index >= 15 is 0 Å². The zero-order valence-corrected chi connectivity index (χ0v) is 34.6. The molecule has 0 saturated carbocycles. The monoisotopic (exact) mass is 731 g/mol. The summed E-state index contributed by atoms with van der Waals surface area (Å²) in [6.07, 6.45) is 36.4. The first-order valence-corrected chi connectivity index (χ1v) is 22.6. The van der Waals surface area contributed by atoms with Gasteiger partial charge in [0.25, 0.3) is 0 Å². The van der Waals surface area contributed by atoms with Gasteiger partial charge in [-0.3, -0.25) is 0 Å². The molecule has 51 heavy (non-hydrogen) atoms. The van der Waals surface area contributed by atoms with Crippen molar-refractivity contribution in [2.24, 2.45) is 0 Å². The Balaban J connectivity index is 4.28. The predicted molar refractivity (Wildman–Crippen MR) is 217 cm³/mol. The largest absolute Gasteiger partial charge is 0.394 e. The summed E-state index contributed by atoms with van der Waals surface area (Å²) in [5, 5.41) is 48.2. The minimum absolute atomic E-state index is 0.109. The molecule has 0 aromatic heterocycles. The summed E-state index contributed by atoms with van der Waals surface area (Å²) in [6, 6.07) is 0. The lowest BCUT2D eigenvalue weighted by atomic mass is 10.0. The molecule has 0 fully saturated rings. The van der Waals surface area contributed by atoms with Crippen molar-refractivity contribution in [1.29, 1.82) is 0 Å². The van der Waals surface area contributed by atoms with E-state index in [1.165, 1.54) is 204 Å². The van der Waals surface area contributed by atoms with Crippen molar-refractivity contribution in [3.63, 3.8) is 0 Å². The molecule has 0 bridgehead atoms. The second kappa shape index (κ2) is 38.0. The molecule has 0 heterocycles. The first-order chi connectivity index (χ1) is 24.8. The molecule has 0 unspecified atom stereocenters. The maximum absolute atomic E-state index is 10.1. The lowest BCUT2D eigenvalue weighted by Crippen LogP contribution is -2.47. The fraction of sp³-hybridized carbons (Fsp3) is 1.00. The maximum atomic E-state index is 10.1. The van der Waals surface area contributed by atoms with E-state index in [1.807, 2.05) is 0 Å². The van der Waals surface area contributed by atoms with Gasteiger partial charge in [-0.05, 0) is 44.9 Å². The summed E-state index contributed by atoms with van der Waals surface area (Å²) < 4.78 is 6.73. The van der Waals surface area contributed by atoms with E-state index in [-0.39, 0.29) is 6.61 Å². The minimum atomic E-state index is -1.61. The third-order valence-corrected chi connectivity index (χ3v) is 11.2. The number of hydrogen-bond donors (Lipinski definition) is 5. The van der Waals surface area contributed by atoms with Gasteiger partial charge in [-0.1, -0.05) is 168 Å². The molecule has 0 aliphatic rings. The lowest BCUT2D eigenvalue weighted by Gasteiger charge is -2.35. The van der Waals surface area contributed by atoms with Crippen LogP contribution in [0.2, 0.25) is 0 Å². The van der Waals surface area contributed by atoms with Crippen LogP contribution in [0, 0.1) is 0 Å². The van der Waals surface area contributed by atoms with Crippen molar-refractivity contribution in [3.05, 3.63) is 0 Å². The topological polar surface area (TPSA) is 110 Å². The average molecular weight is 731 g/mol. The summed E-state index contributed by atoms with van der Waals surface area (Å²) >= 11 is 0. The first kappa shape index (κ1) is 50.7. The first-order valence-electron chi connectivity index (χ1n) is 22.6. The van der Waals surface area contributed by atoms with Crippen molar-refractivity contribution >= 4 is 0 Å². The van der Waals surface area contributed by atoms with Gasteiger partial charge in [-0.15, -0.1) is 0 Å². The number of aliphatic hydroxyl groups excluding tert-OH is 5. The van der Waals surface area contributed by atoms with E-state index in [1.54, 1.807) is 0 Å². The second-order valence-electron chi connectivity index (χ2n) is 16.4. The summed E-state index contributed by atoms with van der Waals surface area (Å²) in [4.78, 5) is 0. The van der Waals surface area contributed by atoms with Crippen LogP contribution in [0.3, 0.4) is 0 Å². The van der Waals surface area contributed by atoms with Crippen molar-refractivity contribution in [1.82, 2.24) is 0 Å². The van der Waals surface area contributed by atoms with Crippen LogP contribution in [0.15, 0.2) is 0 Å². The Labute approximate surface area is 317 Å². The summed E-state index contributed by atoms with van der Waals surface area (Å²) in [7, 11) is 2.48. The number of ether oxygens (including phenoxy) is 1. The molecule has 0 aromatic rings. The van der Waals surface area contributed by atoms with Crippen molar-refractivity contribution in [2.45, 2.75) is 237 Å². The van der Waals surface area contributed by atoms with Gasteiger partial charge < -0.3 is 34.8 Å². The van der Waals surface area contributed by atoms with E-state index < -0.39 is 31.0 Å². The summed E-state index contributed by atoms with van der Waals surface area (Å²) in [6.45, 7) is 8.03. The van der Waals surface area contributed by atoms with Crippen LogP contribution in [-0.4, -0.2) is 101 Å². The Hall–Kier alpha value is -0.280. The maximum Gasteiger partial charge on any atom is 0.111 e. The van der Waals surface area contributed by atoms with Gasteiger partial charge in [0.1, 0.15) is 24.4 Å². The number of unbranched alkanes of at least 4 members (excludes halogenated alkanes) is 28. The highest BCUT2D eigenvalue weighted by molar-refractivity contribution is 4.80. The molecule has 7 heteroatoms. The van der Waals surface area contributed by atoms with Gasteiger partial charge in [-0.25, -0.2) is 0 Å². The molecule has 0 radical (unpaired) electrons. The highest BCUT2D eigenvalue weighted by Crippen LogP contribution is 2.18. The number of quaternary nitrogens is 1. The van der Waals surface area contributed by atoms with Gasteiger partial charge in [0, 0.05) is 6.61 Å². The molecule has 4 atom stereocenters. The molecule has 0 aromatic carbocycles. The Morgan fingerprint density at radius 3 is 0.980 bits per heavy atom. The molecule has 0 aliphatic carbocycles. The SMILES string of the molecule is CCCCCCCCCCCCCCCC[N+](C)(CCCCCCCCCCCCCCCC)CCCCCOC[C@H](O)[C@@H](O)[C@@H](O)[C@H](O)CO. The van der Waals surface area contributed by atoms with Gasteiger partial charge in [0.15, 0.2) is 0 Å². The quantitative estimate of drug-likeness (QED) is 0.0316. The number of aliphatic hydroxyl groups is 5. The fourth-order valence-corrected chi connectivity index (χ4v) is 7.45. The highest BCUT2D eigenvalue weighted by Gasteiger charge is 2.30. The van der Waals surface area contributed by atoms with E-state index in [0.29, 0.717) is 6.61 Å². The van der Waals surface area contributed by atoms with Crippen LogP contribution >= 0.6 is 0 Å². The number of nitrogens with zero attached hydrogens (tertiary/aromatic N) is 1. The smallest absolute Gasteiger partial charge is 0.111 e. The van der Waals surface area contributed by atoms with Crippen LogP contribution < -0.4 is 0 Å². The van der Waals surface area contributed by atoms with Crippen molar-refractivity contribution in [3.8, 4) is 0 Å². The lowest BCUT2D eigenvalue weighted by molar-refractivity contribution is -0.910. The van der Waals surface area contributed by atoms with Crippen LogP contribution in [-0.2, 0) is 4.74 Å². The molecular formula is C44H92NO6+. The van der Waals surface area contributed by atoms with Crippen LogP contribution in [0.5, 0.6) is 0 Å². The van der Waals surface area contributed by atoms with Gasteiger partial charge in [0.05, 0.1) is 39.9 Å². The second-order valence-corrected chi connectivity index (χ2v) is 16.4. The van der Waals surface area contributed by atoms with E-state index in [9.17, 15) is 20.4 Å². The molecule has 0 saturated heterocycles. The van der Waals surface area contributed by atoms with Crippen molar-refractivity contribution in [2.75, 3.05) is 46.5 Å². The molecule has 0 rings (SSSR count). The summed E-state index contributed by atoms with van der Waals surface area (Å²) in [5.41, 5.74) is 0. The predicted octanol–water partition coefficient (Wildman–Crippen LogP) is 10.0. The normalized spacial score (nSPS) is 14.6. The van der Waals surface area contributed by atoms with Gasteiger partial charge in [-0.2, -0.15) is 0 Å². The standard InChI is InChI=1S/C44H92NO6/c1-4-6-8-10-12-14-16-18-20-22-24-26-28-31-35-45(3,36-32-29-27-25-23-21-19-17-15-13-11-9-7-5-2)37-33-30-34-38-51-40-42(48)44(50)43(49)41(47)39-46/h41-44,46-50H,4-40H2,1-3H3/q+1/t41-,42+,43+,44-/m1/s1. The zero-order chi connectivity index (χ0) is 37.7. The highest BCUT2D eigenvalue weighted by atomic mass is 16.5. The molecule has 0 aliphatic heterocycles. The Kier molecular flexibility index (Phi) is 37.8. The summed E-state index contributed by atoms with van der Waals surface area (Å²) in [5.74, 6) is 0. The van der Waals surface area contributed by atoms with Crippen LogP contribution in [0.1, 0.15) is 213 Å². The molecule has 7 nitrogen and oxygen atoms in total. The fourth-order valence-electron chi connectivity index (χ4n) is 7.45. The van der Waals surface area contributed by atoms with Crippen LogP contribution in [0.4, 0.5) is 0 Å². The van der Waals surface area contributed by atoms with Crippen molar-refractivity contribution < 1.29 is 34.8 Å². The third kappa shape index (κ3) is 32.8. The zero-order valence-electron chi connectivity index (χ0n) is 34.6. The van der Waals surface area contributed by atoms with Gasteiger partial charge >= 0.3 is 0 Å². The molecular weight excluding hydrogens is 638 g/mol. The van der Waals surface area contributed by atoms with E-state index in [4.69, 9.17) is 9.84 Å². The number of rotatable bonds is 42. The van der Waals surface area contributed by atoms with E-state index in [0.717, 1.165) is 19.3 Å². The molecule has 0 spiro atoms. The molecule has 308 valence electrons. The average Bonchev–Trinajstić information content (AvgIpc) is 3.13. The third-order valence-electron chi connectivity index (χ3n) is 11.2. The Morgan fingerprint density at radius 1 is 0.392 bits per heavy atom. The number of hydrogen-bond acceptors (Lipinski definition) is 6. The van der Waals surface area contributed by atoms with E-state index in [2.05, 4.69) is 20.9 Å².